The summed E-state index contributed by atoms with van der Waals surface area (Å²) in [6.45, 7) is 8.16. The van der Waals surface area contributed by atoms with Crippen molar-refractivity contribution < 1.29 is 17.9 Å². The van der Waals surface area contributed by atoms with E-state index in [1.165, 1.54) is 0 Å². The maximum atomic E-state index is 12.6. The van der Waals surface area contributed by atoms with Crippen LogP contribution in [0.25, 0.3) is 0 Å². The van der Waals surface area contributed by atoms with Crippen LogP contribution in [0.1, 0.15) is 30.6 Å². The molecule has 164 valence electrons. The van der Waals surface area contributed by atoms with E-state index in [0.29, 0.717) is 23.7 Å². The van der Waals surface area contributed by atoms with Gasteiger partial charge >= 0.3 is 0 Å². The molecule has 1 saturated heterocycles. The summed E-state index contributed by atoms with van der Waals surface area (Å²) in [6, 6.07) is 9.99. The molecule has 1 atom stereocenters. The van der Waals surface area contributed by atoms with Gasteiger partial charge < -0.3 is 10.1 Å². The summed E-state index contributed by atoms with van der Waals surface area (Å²) in [5.74, 6) is 0.370. The number of morpholine rings is 1. The van der Waals surface area contributed by atoms with Gasteiger partial charge in [0.25, 0.3) is 15.9 Å². The lowest BCUT2D eigenvalue weighted by atomic mass is 10.0. The average molecular weight is 452 g/mol. The van der Waals surface area contributed by atoms with Gasteiger partial charge in [0.15, 0.2) is 0 Å². The number of hydrogen-bond acceptors (Lipinski definition) is 6. The zero-order valence-corrected chi connectivity index (χ0v) is 19.0. The minimum atomic E-state index is -3.60. The maximum Gasteiger partial charge on any atom is 0.271 e. The molecule has 1 aromatic carbocycles. The van der Waals surface area contributed by atoms with Crippen LogP contribution in [0.15, 0.2) is 46.0 Å². The monoisotopic (exact) mass is 451 g/mol. The first-order valence-corrected chi connectivity index (χ1v) is 12.5. The molecule has 7 nitrogen and oxygen atoms in total. The van der Waals surface area contributed by atoms with Crippen molar-refractivity contribution in [2.24, 2.45) is 5.92 Å². The van der Waals surface area contributed by atoms with Crippen molar-refractivity contribution in [3.63, 3.8) is 0 Å². The van der Waals surface area contributed by atoms with Gasteiger partial charge in [-0.05, 0) is 48.1 Å². The number of anilines is 1. The standard InChI is InChI=1S/C21H29N3O4S2/c1-16(2)14-19(24-9-11-28-12-10-24)15-22-21(25)17-5-7-18(8-6-17)23-30(26,27)20-4-3-13-29-20/h3-8,13,16,19,23H,9-12,14-15H2,1-2H3,(H,22,25). The van der Waals surface area contributed by atoms with Gasteiger partial charge in [-0.1, -0.05) is 19.9 Å². The second kappa shape index (κ2) is 10.4. The second-order valence-electron chi connectivity index (χ2n) is 7.76. The normalized spacial score (nSPS) is 16.4. The number of ether oxygens (including phenoxy) is 1. The van der Waals surface area contributed by atoms with Gasteiger partial charge in [0.05, 0.1) is 13.2 Å². The fraction of sp³-hybridized carbons (Fsp3) is 0.476. The van der Waals surface area contributed by atoms with Gasteiger partial charge in [-0.25, -0.2) is 8.42 Å². The Kier molecular flexibility index (Phi) is 7.87. The molecule has 0 bridgehead atoms. The Balaban J connectivity index is 1.58. The number of sulfonamides is 1. The molecule has 1 unspecified atom stereocenters. The van der Waals surface area contributed by atoms with E-state index in [4.69, 9.17) is 4.74 Å². The minimum Gasteiger partial charge on any atom is -0.379 e. The molecule has 3 rings (SSSR count). The third-order valence-corrected chi connectivity index (χ3v) is 7.74. The number of nitrogens with zero attached hydrogens (tertiary/aromatic N) is 1. The largest absolute Gasteiger partial charge is 0.379 e. The predicted octanol–water partition coefficient (Wildman–Crippen LogP) is 3.03. The lowest BCUT2D eigenvalue weighted by Gasteiger charge is -2.35. The molecule has 0 saturated carbocycles. The molecule has 2 N–H and O–H groups in total. The lowest BCUT2D eigenvalue weighted by molar-refractivity contribution is 0.0124. The van der Waals surface area contributed by atoms with Crippen molar-refractivity contribution in [3.05, 3.63) is 47.3 Å². The van der Waals surface area contributed by atoms with Crippen LogP contribution < -0.4 is 10.0 Å². The first-order valence-electron chi connectivity index (χ1n) is 10.1. The van der Waals surface area contributed by atoms with Crippen molar-refractivity contribution in [3.8, 4) is 0 Å². The zero-order valence-electron chi connectivity index (χ0n) is 17.3. The molecular weight excluding hydrogens is 422 g/mol. The molecule has 0 spiro atoms. The van der Waals surface area contributed by atoms with E-state index < -0.39 is 10.0 Å². The summed E-state index contributed by atoms with van der Waals surface area (Å²) in [4.78, 5) is 15.0. The van der Waals surface area contributed by atoms with Gasteiger partial charge in [0.1, 0.15) is 4.21 Å². The number of rotatable bonds is 9. The maximum absolute atomic E-state index is 12.6. The second-order valence-corrected chi connectivity index (χ2v) is 10.6. The minimum absolute atomic E-state index is 0.162. The molecule has 9 heteroatoms. The van der Waals surface area contributed by atoms with Crippen LogP contribution >= 0.6 is 11.3 Å². The zero-order chi connectivity index (χ0) is 21.6. The van der Waals surface area contributed by atoms with E-state index in [9.17, 15) is 13.2 Å². The summed E-state index contributed by atoms with van der Waals surface area (Å²) >= 11 is 1.16. The summed E-state index contributed by atoms with van der Waals surface area (Å²) < 4.78 is 32.8. The summed E-state index contributed by atoms with van der Waals surface area (Å²) in [7, 11) is -3.60. The van der Waals surface area contributed by atoms with E-state index >= 15 is 0 Å². The highest BCUT2D eigenvalue weighted by atomic mass is 32.2. The predicted molar refractivity (Wildman–Crippen MR) is 120 cm³/mol. The molecule has 1 fully saturated rings. The van der Waals surface area contributed by atoms with Crippen molar-refractivity contribution in [1.29, 1.82) is 0 Å². The van der Waals surface area contributed by atoms with Gasteiger partial charge in [0.2, 0.25) is 0 Å². The van der Waals surface area contributed by atoms with Crippen molar-refractivity contribution in [2.45, 2.75) is 30.5 Å². The third kappa shape index (κ3) is 6.28. The van der Waals surface area contributed by atoms with Crippen molar-refractivity contribution in [1.82, 2.24) is 10.2 Å². The first-order chi connectivity index (χ1) is 14.3. The topological polar surface area (TPSA) is 87.7 Å². The first kappa shape index (κ1) is 22.7. The molecule has 2 aromatic rings. The SMILES string of the molecule is CC(C)CC(CNC(=O)c1ccc(NS(=O)(=O)c2cccs2)cc1)N1CCOCC1. The highest BCUT2D eigenvalue weighted by molar-refractivity contribution is 7.94. The van der Waals surface area contributed by atoms with Gasteiger partial charge in [0, 0.05) is 36.9 Å². The van der Waals surface area contributed by atoms with Crippen LogP contribution in [0, 0.1) is 5.92 Å². The molecular formula is C21H29N3O4S2. The van der Waals surface area contributed by atoms with Crippen molar-refractivity contribution >= 4 is 33.0 Å². The summed E-state index contributed by atoms with van der Waals surface area (Å²) in [5.41, 5.74) is 0.922. The highest BCUT2D eigenvalue weighted by Gasteiger charge is 2.22. The van der Waals surface area contributed by atoms with E-state index in [-0.39, 0.29) is 16.2 Å². The quantitative estimate of drug-likeness (QED) is 0.612. The Hall–Kier alpha value is -1.94. The number of amides is 1. The molecule has 2 heterocycles. The number of nitrogens with one attached hydrogen (secondary N) is 2. The Morgan fingerprint density at radius 1 is 1.17 bits per heavy atom. The molecule has 1 aromatic heterocycles. The van der Waals surface area contributed by atoms with Crippen LogP contribution in [-0.2, 0) is 14.8 Å². The number of carbonyl (C=O) groups excluding carboxylic acids is 1. The van der Waals surface area contributed by atoms with Crippen LogP contribution in [0.5, 0.6) is 0 Å². The fourth-order valence-electron chi connectivity index (χ4n) is 3.47. The van der Waals surface area contributed by atoms with Gasteiger partial charge in [-0.15, -0.1) is 11.3 Å². The Morgan fingerprint density at radius 2 is 1.87 bits per heavy atom. The lowest BCUT2D eigenvalue weighted by Crippen LogP contribution is -2.49. The van der Waals surface area contributed by atoms with Crippen LogP contribution in [0.3, 0.4) is 0 Å². The molecule has 0 aliphatic carbocycles. The molecule has 1 amide bonds. The number of thiophene rings is 1. The van der Waals surface area contributed by atoms with E-state index in [1.54, 1.807) is 41.8 Å². The number of hydrogen-bond donors (Lipinski definition) is 2. The molecule has 30 heavy (non-hydrogen) atoms. The Bertz CT molecular complexity index is 906. The Morgan fingerprint density at radius 3 is 2.47 bits per heavy atom. The van der Waals surface area contributed by atoms with E-state index in [0.717, 1.165) is 44.1 Å². The van der Waals surface area contributed by atoms with E-state index in [2.05, 4.69) is 28.8 Å². The van der Waals surface area contributed by atoms with Gasteiger partial charge in [-0.3, -0.25) is 14.4 Å². The Labute approximate surface area is 182 Å². The fourth-order valence-corrected chi connectivity index (χ4v) is 5.52. The van der Waals surface area contributed by atoms with Crippen LogP contribution in [0.2, 0.25) is 0 Å². The highest BCUT2D eigenvalue weighted by Crippen LogP contribution is 2.20. The van der Waals surface area contributed by atoms with Crippen molar-refractivity contribution in [2.75, 3.05) is 37.6 Å². The third-order valence-electron chi connectivity index (χ3n) is 4.96. The van der Waals surface area contributed by atoms with Gasteiger partial charge in [-0.2, -0.15) is 0 Å². The molecule has 1 aliphatic heterocycles. The number of benzene rings is 1. The van der Waals surface area contributed by atoms with E-state index in [1.807, 2.05) is 0 Å². The average Bonchev–Trinajstić information content (AvgIpc) is 3.27. The molecule has 0 radical (unpaired) electrons. The summed E-state index contributed by atoms with van der Waals surface area (Å²) in [6.07, 6.45) is 1.00. The van der Waals surface area contributed by atoms with Crippen LogP contribution in [0.4, 0.5) is 5.69 Å². The summed E-state index contributed by atoms with van der Waals surface area (Å²) in [5, 5.41) is 4.75. The smallest absolute Gasteiger partial charge is 0.271 e. The molecule has 1 aliphatic rings. The van der Waals surface area contributed by atoms with Crippen LogP contribution in [-0.4, -0.2) is 58.1 Å². The number of carbonyl (C=O) groups is 1.